The third-order valence-corrected chi connectivity index (χ3v) is 4.60. The summed E-state index contributed by atoms with van der Waals surface area (Å²) in [5, 5.41) is 2.97. The second-order valence-electron chi connectivity index (χ2n) is 6.33. The third-order valence-electron chi connectivity index (χ3n) is 4.60. The van der Waals surface area contributed by atoms with Crippen molar-refractivity contribution in [2.75, 3.05) is 18.4 Å². The smallest absolute Gasteiger partial charge is 0.321 e. The lowest BCUT2D eigenvalue weighted by molar-refractivity contribution is 0.191. The molecule has 1 aromatic carbocycles. The summed E-state index contributed by atoms with van der Waals surface area (Å²) in [5.74, 6) is 1.92. The summed E-state index contributed by atoms with van der Waals surface area (Å²) >= 11 is 0. The van der Waals surface area contributed by atoms with Gasteiger partial charge in [0, 0.05) is 43.5 Å². The fourth-order valence-corrected chi connectivity index (χ4v) is 3.29. The first-order valence-electron chi connectivity index (χ1n) is 8.67. The molecule has 2 aromatic heterocycles. The van der Waals surface area contributed by atoms with Crippen LogP contribution in [0.1, 0.15) is 37.4 Å². The van der Waals surface area contributed by atoms with Crippen LogP contribution < -0.4 is 5.32 Å². The number of benzene rings is 1. The average molecular weight is 339 g/mol. The number of rotatable bonds is 3. The summed E-state index contributed by atoms with van der Waals surface area (Å²) in [6.07, 6.45) is 6.35. The third kappa shape index (κ3) is 3.22. The Kier molecular flexibility index (Phi) is 4.13. The van der Waals surface area contributed by atoms with Crippen LogP contribution in [-0.2, 0) is 6.42 Å². The Morgan fingerprint density at radius 1 is 1.48 bits per heavy atom. The average Bonchev–Trinajstić information content (AvgIpc) is 3.31. The molecule has 1 unspecified atom stereocenters. The Morgan fingerprint density at radius 2 is 2.40 bits per heavy atom. The summed E-state index contributed by atoms with van der Waals surface area (Å²) in [7, 11) is 0. The number of fused-ring (bicyclic) bond motifs is 1. The van der Waals surface area contributed by atoms with Gasteiger partial charge in [0.2, 0.25) is 0 Å². The number of nitrogens with one attached hydrogen (secondary N) is 2. The van der Waals surface area contributed by atoms with Gasteiger partial charge in [-0.3, -0.25) is 0 Å². The van der Waals surface area contributed by atoms with E-state index in [-0.39, 0.29) is 11.9 Å². The van der Waals surface area contributed by atoms with Gasteiger partial charge in [0.15, 0.2) is 11.5 Å². The van der Waals surface area contributed by atoms with Crippen LogP contribution in [0.2, 0.25) is 0 Å². The summed E-state index contributed by atoms with van der Waals surface area (Å²) in [4.78, 5) is 26.4. The number of imidazole rings is 1. The van der Waals surface area contributed by atoms with E-state index in [1.165, 1.54) is 0 Å². The van der Waals surface area contributed by atoms with Crippen LogP contribution in [0.25, 0.3) is 11.1 Å². The van der Waals surface area contributed by atoms with Gasteiger partial charge in [0.05, 0.1) is 0 Å². The second kappa shape index (κ2) is 6.58. The van der Waals surface area contributed by atoms with Gasteiger partial charge in [-0.25, -0.2) is 14.8 Å². The number of likely N-dealkylation sites (tertiary alicyclic amines) is 1. The minimum absolute atomic E-state index is 0.0881. The normalized spacial score (nSPS) is 17.8. The molecule has 3 heterocycles. The van der Waals surface area contributed by atoms with Gasteiger partial charge in [-0.2, -0.15) is 0 Å². The minimum atomic E-state index is -0.0881. The quantitative estimate of drug-likeness (QED) is 0.764. The number of piperidine rings is 1. The molecular weight excluding hydrogens is 318 g/mol. The highest BCUT2D eigenvalue weighted by Crippen LogP contribution is 2.25. The number of amides is 2. The van der Waals surface area contributed by atoms with Crippen molar-refractivity contribution in [3.63, 3.8) is 0 Å². The zero-order valence-corrected chi connectivity index (χ0v) is 14.2. The van der Waals surface area contributed by atoms with E-state index < -0.39 is 0 Å². The number of anilines is 1. The fourth-order valence-electron chi connectivity index (χ4n) is 3.29. The molecule has 0 radical (unpaired) electrons. The molecule has 7 heteroatoms. The SMILES string of the molecule is CCc1nc2cc(NC(=O)N3CCCC(c4ncc[nH]4)C3)ccc2o1. The number of hydrogen-bond donors (Lipinski definition) is 2. The number of aryl methyl sites for hydroxylation is 1. The van der Waals surface area contributed by atoms with Gasteiger partial charge in [0.1, 0.15) is 11.3 Å². The molecule has 3 aromatic rings. The molecule has 1 aliphatic heterocycles. The molecule has 0 saturated carbocycles. The maximum atomic E-state index is 12.6. The van der Waals surface area contributed by atoms with Gasteiger partial charge in [-0.1, -0.05) is 6.92 Å². The van der Waals surface area contributed by atoms with Crippen molar-refractivity contribution in [2.24, 2.45) is 0 Å². The summed E-state index contributed by atoms with van der Waals surface area (Å²) in [5.41, 5.74) is 2.24. The van der Waals surface area contributed by atoms with Crippen molar-refractivity contribution < 1.29 is 9.21 Å². The van der Waals surface area contributed by atoms with E-state index in [4.69, 9.17) is 4.42 Å². The number of H-pyrrole nitrogens is 1. The summed E-state index contributed by atoms with van der Waals surface area (Å²) in [6.45, 7) is 3.43. The molecule has 2 N–H and O–H groups in total. The van der Waals surface area contributed by atoms with Crippen LogP contribution in [-0.4, -0.2) is 39.0 Å². The van der Waals surface area contributed by atoms with E-state index in [0.717, 1.165) is 48.4 Å². The molecule has 25 heavy (non-hydrogen) atoms. The van der Waals surface area contributed by atoms with Gasteiger partial charge in [-0.05, 0) is 31.0 Å². The van der Waals surface area contributed by atoms with E-state index in [1.807, 2.05) is 36.2 Å². The fraction of sp³-hybridized carbons (Fsp3) is 0.389. The van der Waals surface area contributed by atoms with Gasteiger partial charge >= 0.3 is 6.03 Å². The van der Waals surface area contributed by atoms with Crippen molar-refractivity contribution >= 4 is 22.8 Å². The van der Waals surface area contributed by atoms with Crippen LogP contribution in [0.5, 0.6) is 0 Å². The molecular formula is C18H21N5O2. The Hall–Kier alpha value is -2.83. The monoisotopic (exact) mass is 339 g/mol. The van der Waals surface area contributed by atoms with Crippen molar-refractivity contribution in [3.05, 3.63) is 42.3 Å². The minimum Gasteiger partial charge on any atom is -0.441 e. The van der Waals surface area contributed by atoms with Crippen LogP contribution >= 0.6 is 0 Å². The number of nitrogens with zero attached hydrogens (tertiary/aromatic N) is 3. The Balaban J connectivity index is 1.45. The largest absolute Gasteiger partial charge is 0.441 e. The standard InChI is InChI=1S/C18H21N5O2/c1-2-16-22-14-10-13(5-6-15(14)25-16)21-18(24)23-9-3-4-12(11-23)17-19-7-8-20-17/h5-8,10,12H,2-4,9,11H2,1H3,(H,19,20)(H,21,24). The molecule has 1 fully saturated rings. The number of oxazole rings is 1. The molecule has 7 nitrogen and oxygen atoms in total. The Morgan fingerprint density at radius 3 is 3.20 bits per heavy atom. The van der Waals surface area contributed by atoms with Crippen LogP contribution in [0, 0.1) is 0 Å². The maximum Gasteiger partial charge on any atom is 0.321 e. The lowest BCUT2D eigenvalue weighted by Crippen LogP contribution is -2.41. The molecule has 1 atom stereocenters. The first kappa shape index (κ1) is 15.7. The van der Waals surface area contributed by atoms with Crippen molar-refractivity contribution in [3.8, 4) is 0 Å². The van der Waals surface area contributed by atoms with E-state index >= 15 is 0 Å². The Labute approximate surface area is 145 Å². The van der Waals surface area contributed by atoms with Crippen molar-refractivity contribution in [1.82, 2.24) is 19.9 Å². The number of hydrogen-bond acceptors (Lipinski definition) is 4. The zero-order chi connectivity index (χ0) is 17.2. The van der Waals surface area contributed by atoms with Crippen molar-refractivity contribution in [1.29, 1.82) is 0 Å². The van der Waals surface area contributed by atoms with E-state index in [2.05, 4.69) is 20.3 Å². The summed E-state index contributed by atoms with van der Waals surface area (Å²) in [6, 6.07) is 5.46. The van der Waals surface area contributed by atoms with Crippen LogP contribution in [0.3, 0.4) is 0 Å². The molecule has 0 spiro atoms. The molecule has 1 saturated heterocycles. The predicted molar refractivity (Wildman–Crippen MR) is 94.5 cm³/mol. The molecule has 4 rings (SSSR count). The van der Waals surface area contributed by atoms with Gasteiger partial charge in [-0.15, -0.1) is 0 Å². The van der Waals surface area contributed by atoms with Gasteiger partial charge in [0.25, 0.3) is 0 Å². The maximum absolute atomic E-state index is 12.6. The number of aromatic amines is 1. The first-order chi connectivity index (χ1) is 12.2. The summed E-state index contributed by atoms with van der Waals surface area (Å²) < 4.78 is 5.60. The molecule has 2 amide bonds. The predicted octanol–water partition coefficient (Wildman–Crippen LogP) is 3.52. The topological polar surface area (TPSA) is 87.0 Å². The van der Waals surface area contributed by atoms with E-state index in [0.29, 0.717) is 12.4 Å². The molecule has 1 aliphatic rings. The number of aromatic nitrogens is 3. The first-order valence-corrected chi connectivity index (χ1v) is 8.67. The van der Waals surface area contributed by atoms with Crippen LogP contribution in [0.15, 0.2) is 35.0 Å². The highest BCUT2D eigenvalue weighted by molar-refractivity contribution is 5.91. The highest BCUT2D eigenvalue weighted by Gasteiger charge is 2.26. The number of urea groups is 1. The lowest BCUT2D eigenvalue weighted by Gasteiger charge is -2.31. The number of carbonyl (C=O) groups excluding carboxylic acids is 1. The van der Waals surface area contributed by atoms with Crippen molar-refractivity contribution in [2.45, 2.75) is 32.1 Å². The number of carbonyl (C=O) groups is 1. The lowest BCUT2D eigenvalue weighted by atomic mass is 9.98. The zero-order valence-electron chi connectivity index (χ0n) is 14.2. The molecule has 0 bridgehead atoms. The highest BCUT2D eigenvalue weighted by atomic mass is 16.3. The second-order valence-corrected chi connectivity index (χ2v) is 6.33. The molecule has 130 valence electrons. The Bertz CT molecular complexity index is 871. The van der Waals surface area contributed by atoms with E-state index in [1.54, 1.807) is 6.20 Å². The van der Waals surface area contributed by atoms with E-state index in [9.17, 15) is 4.79 Å². The van der Waals surface area contributed by atoms with Gasteiger partial charge < -0.3 is 19.6 Å². The van der Waals surface area contributed by atoms with Crippen LogP contribution in [0.4, 0.5) is 10.5 Å². The molecule has 0 aliphatic carbocycles.